The molecule has 1 aromatic carbocycles. The first kappa shape index (κ1) is 10.6. The predicted octanol–water partition coefficient (Wildman–Crippen LogP) is 2.91. The van der Waals surface area contributed by atoms with Gasteiger partial charge < -0.3 is 4.74 Å². The second kappa shape index (κ2) is 4.69. The van der Waals surface area contributed by atoms with E-state index in [9.17, 15) is 13.6 Å². The summed E-state index contributed by atoms with van der Waals surface area (Å²) in [6.07, 6.45) is 1.25. The summed E-state index contributed by atoms with van der Waals surface area (Å²) in [6.45, 7) is -2.93. The Morgan fingerprint density at radius 1 is 1.50 bits per heavy atom. The maximum Gasteiger partial charge on any atom is 0.387 e. The lowest BCUT2D eigenvalue weighted by molar-refractivity contribution is -0.0498. The fraction of sp³-hybridized carbons (Fsp3) is 0.125. The van der Waals surface area contributed by atoms with Crippen molar-refractivity contribution < 1.29 is 18.3 Å². The zero-order chi connectivity index (χ0) is 10.6. The predicted molar refractivity (Wildman–Crippen MR) is 45.9 cm³/mol. The van der Waals surface area contributed by atoms with Crippen molar-refractivity contribution in [3.8, 4) is 5.75 Å². The molecule has 6 heteroatoms. The molecule has 0 aromatic heterocycles. The Morgan fingerprint density at radius 2 is 2.21 bits per heavy atom. The number of benzene rings is 1. The Balaban J connectivity index is 3.00. The molecule has 0 bridgehead atoms. The number of isocyanates is 1. The van der Waals surface area contributed by atoms with Gasteiger partial charge in [0.1, 0.15) is 5.75 Å². The first-order valence-electron chi connectivity index (χ1n) is 3.45. The minimum Gasteiger partial charge on any atom is -0.435 e. The summed E-state index contributed by atoms with van der Waals surface area (Å²) in [4.78, 5) is 13.1. The maximum atomic E-state index is 11.8. The summed E-state index contributed by atoms with van der Waals surface area (Å²) in [7, 11) is 0. The summed E-state index contributed by atoms with van der Waals surface area (Å²) in [5.41, 5.74) is 0.0415. The molecule has 0 N–H and O–H groups in total. The van der Waals surface area contributed by atoms with Crippen molar-refractivity contribution in [2.45, 2.75) is 6.61 Å². The van der Waals surface area contributed by atoms with Crippen LogP contribution in [-0.4, -0.2) is 12.7 Å². The van der Waals surface area contributed by atoms with Crippen molar-refractivity contribution in [3.05, 3.63) is 23.2 Å². The molecule has 0 saturated carbocycles. The number of carbonyl (C=O) groups excluding carboxylic acids is 1. The van der Waals surface area contributed by atoms with Gasteiger partial charge in [-0.15, -0.1) is 0 Å². The zero-order valence-electron chi connectivity index (χ0n) is 6.71. The first-order valence-corrected chi connectivity index (χ1v) is 3.83. The molecule has 0 radical (unpaired) electrons. The van der Waals surface area contributed by atoms with E-state index in [1.807, 2.05) is 0 Å². The minimum atomic E-state index is -2.93. The normalized spacial score (nSPS) is 9.71. The van der Waals surface area contributed by atoms with Crippen LogP contribution in [0.1, 0.15) is 0 Å². The molecule has 0 atom stereocenters. The number of nitrogens with zero attached hydrogens (tertiary/aromatic N) is 1. The Bertz CT molecular complexity index is 378. The van der Waals surface area contributed by atoms with Crippen LogP contribution >= 0.6 is 11.6 Å². The van der Waals surface area contributed by atoms with E-state index in [2.05, 4.69) is 9.73 Å². The number of aliphatic imine (C=N–C) groups is 1. The van der Waals surface area contributed by atoms with Crippen molar-refractivity contribution >= 4 is 23.4 Å². The number of hydrogen-bond donors (Lipinski definition) is 0. The van der Waals surface area contributed by atoms with Crippen LogP contribution in [0.25, 0.3) is 0 Å². The van der Waals surface area contributed by atoms with Crippen molar-refractivity contribution in [3.63, 3.8) is 0 Å². The van der Waals surface area contributed by atoms with Gasteiger partial charge in [0.05, 0.1) is 10.7 Å². The Hall–Kier alpha value is -1.45. The monoisotopic (exact) mass is 219 g/mol. The van der Waals surface area contributed by atoms with E-state index in [-0.39, 0.29) is 16.5 Å². The quantitative estimate of drug-likeness (QED) is 0.579. The third-order valence-electron chi connectivity index (χ3n) is 1.31. The first-order chi connectivity index (χ1) is 6.63. The van der Waals surface area contributed by atoms with E-state index >= 15 is 0 Å². The standard InChI is InChI=1S/C8H4ClF2NO2/c9-6-2-1-5(14-8(10)11)3-7(6)12-4-13/h1-3,8H. The molecule has 3 nitrogen and oxygen atoms in total. The van der Waals surface area contributed by atoms with Crippen LogP contribution < -0.4 is 4.74 Å². The van der Waals surface area contributed by atoms with Crippen LogP contribution in [0.4, 0.5) is 14.5 Å². The number of halogens is 3. The van der Waals surface area contributed by atoms with Gasteiger partial charge in [0.15, 0.2) is 0 Å². The van der Waals surface area contributed by atoms with Crippen LogP contribution in [0.15, 0.2) is 23.2 Å². The van der Waals surface area contributed by atoms with Gasteiger partial charge in [0.2, 0.25) is 6.08 Å². The lowest BCUT2D eigenvalue weighted by atomic mass is 10.3. The largest absolute Gasteiger partial charge is 0.435 e. The fourth-order valence-electron chi connectivity index (χ4n) is 0.804. The van der Waals surface area contributed by atoms with Crippen molar-refractivity contribution in [1.29, 1.82) is 0 Å². The molecular weight excluding hydrogens is 216 g/mol. The van der Waals surface area contributed by atoms with E-state index in [1.54, 1.807) is 0 Å². The molecule has 0 fully saturated rings. The lowest BCUT2D eigenvalue weighted by Crippen LogP contribution is -2.01. The molecule has 0 aliphatic heterocycles. The second-order valence-corrected chi connectivity index (χ2v) is 2.60. The SMILES string of the molecule is O=C=Nc1cc(OC(F)F)ccc1Cl. The molecule has 14 heavy (non-hydrogen) atoms. The highest BCUT2D eigenvalue weighted by molar-refractivity contribution is 6.33. The topological polar surface area (TPSA) is 38.7 Å². The van der Waals surface area contributed by atoms with Crippen molar-refractivity contribution in [2.24, 2.45) is 4.99 Å². The van der Waals surface area contributed by atoms with Gasteiger partial charge in [0, 0.05) is 6.07 Å². The lowest BCUT2D eigenvalue weighted by Gasteiger charge is -2.04. The molecule has 0 aliphatic rings. The Kier molecular flexibility index (Phi) is 3.56. The van der Waals surface area contributed by atoms with Gasteiger partial charge in [-0.25, -0.2) is 4.79 Å². The fourth-order valence-corrected chi connectivity index (χ4v) is 0.963. The smallest absolute Gasteiger partial charge is 0.387 e. The van der Waals surface area contributed by atoms with Crippen molar-refractivity contribution in [1.82, 2.24) is 0 Å². The van der Waals surface area contributed by atoms with Gasteiger partial charge in [-0.05, 0) is 12.1 Å². The molecular formula is C8H4ClF2NO2. The molecule has 0 amide bonds. The number of hydrogen-bond acceptors (Lipinski definition) is 3. The molecule has 0 heterocycles. The Labute approximate surface area is 83.0 Å². The minimum absolute atomic E-state index is 0.0415. The van der Waals surface area contributed by atoms with Crippen LogP contribution in [0.2, 0.25) is 5.02 Å². The summed E-state index contributed by atoms with van der Waals surface area (Å²) in [5, 5.41) is 0.162. The summed E-state index contributed by atoms with van der Waals surface area (Å²) in [5.74, 6) is -0.113. The van der Waals surface area contributed by atoms with Gasteiger partial charge in [-0.2, -0.15) is 13.8 Å². The average molecular weight is 220 g/mol. The number of ether oxygens (including phenoxy) is 1. The van der Waals surface area contributed by atoms with Crippen molar-refractivity contribution in [2.75, 3.05) is 0 Å². The number of alkyl halides is 2. The van der Waals surface area contributed by atoms with E-state index < -0.39 is 6.61 Å². The third-order valence-corrected chi connectivity index (χ3v) is 1.63. The maximum absolute atomic E-state index is 11.8. The molecule has 0 saturated heterocycles. The zero-order valence-corrected chi connectivity index (χ0v) is 7.46. The summed E-state index contributed by atoms with van der Waals surface area (Å²) < 4.78 is 27.6. The number of rotatable bonds is 3. The molecule has 1 aromatic rings. The average Bonchev–Trinajstić information content (AvgIpc) is 2.10. The molecule has 0 aliphatic carbocycles. The van der Waals surface area contributed by atoms with Gasteiger partial charge in [0.25, 0.3) is 0 Å². The van der Waals surface area contributed by atoms with Crippen LogP contribution in [0.3, 0.4) is 0 Å². The summed E-state index contributed by atoms with van der Waals surface area (Å²) >= 11 is 5.60. The van der Waals surface area contributed by atoms with Gasteiger partial charge in [-0.1, -0.05) is 11.6 Å². The van der Waals surface area contributed by atoms with Crippen LogP contribution in [0, 0.1) is 0 Å². The molecule has 0 spiro atoms. The second-order valence-electron chi connectivity index (χ2n) is 2.19. The van der Waals surface area contributed by atoms with Gasteiger partial charge in [-0.3, -0.25) is 0 Å². The van der Waals surface area contributed by atoms with E-state index in [1.165, 1.54) is 18.2 Å². The molecule has 0 unspecified atom stereocenters. The highest BCUT2D eigenvalue weighted by Gasteiger charge is 2.06. The van der Waals surface area contributed by atoms with Gasteiger partial charge >= 0.3 is 6.61 Å². The van der Waals surface area contributed by atoms with Crippen LogP contribution in [-0.2, 0) is 4.79 Å². The van der Waals surface area contributed by atoms with Crippen LogP contribution in [0.5, 0.6) is 5.75 Å². The Morgan fingerprint density at radius 3 is 2.79 bits per heavy atom. The van der Waals surface area contributed by atoms with E-state index in [0.717, 1.165) is 6.07 Å². The highest BCUT2D eigenvalue weighted by atomic mass is 35.5. The summed E-state index contributed by atoms with van der Waals surface area (Å²) in [6, 6.07) is 3.67. The third kappa shape index (κ3) is 2.80. The highest BCUT2D eigenvalue weighted by Crippen LogP contribution is 2.29. The van der Waals surface area contributed by atoms with E-state index in [4.69, 9.17) is 11.6 Å². The van der Waals surface area contributed by atoms with E-state index in [0.29, 0.717) is 0 Å². The molecule has 74 valence electrons. The molecule has 1 rings (SSSR count).